The first-order valence-corrected chi connectivity index (χ1v) is 10.1. The summed E-state index contributed by atoms with van der Waals surface area (Å²) in [5.41, 5.74) is 1.09. The number of benzene rings is 2. The van der Waals surface area contributed by atoms with Crippen LogP contribution in [0.4, 0.5) is 13.2 Å². The molecule has 1 unspecified atom stereocenters. The molecule has 1 aromatic heterocycles. The van der Waals surface area contributed by atoms with Crippen LogP contribution >= 0.6 is 11.3 Å². The minimum atomic E-state index is -4.34. The number of halogens is 3. The van der Waals surface area contributed by atoms with Crippen molar-refractivity contribution in [2.75, 3.05) is 13.6 Å². The number of hydrogen-bond acceptors (Lipinski definition) is 2. The van der Waals surface area contributed by atoms with Crippen LogP contribution in [0.15, 0.2) is 72.1 Å². The van der Waals surface area contributed by atoms with E-state index >= 15 is 0 Å². The zero-order valence-electron chi connectivity index (χ0n) is 15.9. The van der Waals surface area contributed by atoms with Crippen molar-refractivity contribution in [3.63, 3.8) is 0 Å². The van der Waals surface area contributed by atoms with Gasteiger partial charge in [-0.3, -0.25) is 4.79 Å². The normalized spacial score (nSPS) is 13.7. The molecule has 0 bridgehead atoms. The Balaban J connectivity index is 1.61. The molecule has 1 heterocycles. The molecule has 3 nitrogen and oxygen atoms in total. The third-order valence-corrected chi connectivity index (χ3v) is 5.45. The van der Waals surface area contributed by atoms with Gasteiger partial charge in [0.25, 0.3) is 5.91 Å². The largest absolute Gasteiger partial charge is 0.416 e. The first kappa shape index (κ1) is 21.1. The maximum atomic E-state index is 12.7. The van der Waals surface area contributed by atoms with Gasteiger partial charge in [0.05, 0.1) is 18.7 Å². The first-order valence-electron chi connectivity index (χ1n) is 9.18. The van der Waals surface area contributed by atoms with Crippen LogP contribution in [0.1, 0.15) is 27.6 Å². The van der Waals surface area contributed by atoms with Gasteiger partial charge in [-0.15, -0.1) is 11.3 Å². The van der Waals surface area contributed by atoms with Crippen molar-refractivity contribution in [3.8, 4) is 0 Å². The second kappa shape index (κ2) is 9.24. The zero-order chi connectivity index (χ0) is 20.9. The highest BCUT2D eigenvalue weighted by atomic mass is 32.1. The monoisotopic (exact) mass is 419 g/mol. The number of nitrogens with one attached hydrogen (secondary N) is 2. The summed E-state index contributed by atoms with van der Waals surface area (Å²) in [5.74, 6) is -0.114. The van der Waals surface area contributed by atoms with E-state index in [9.17, 15) is 18.0 Å². The topological polar surface area (TPSA) is 33.5 Å². The predicted molar refractivity (Wildman–Crippen MR) is 108 cm³/mol. The van der Waals surface area contributed by atoms with Gasteiger partial charge in [-0.05, 0) is 29.1 Å². The van der Waals surface area contributed by atoms with Crippen LogP contribution in [0, 0.1) is 0 Å². The fourth-order valence-corrected chi connectivity index (χ4v) is 3.93. The molecule has 3 aromatic rings. The van der Waals surface area contributed by atoms with Crippen molar-refractivity contribution in [3.05, 3.63) is 93.7 Å². The smallest absolute Gasteiger partial charge is 0.339 e. The number of amides is 1. The lowest BCUT2D eigenvalue weighted by Gasteiger charge is -2.20. The molecule has 1 amide bonds. The standard InChI is InChI=1S/C22H21F3N2OS/c1-27(14-16-9-11-18(12-10-16)22(23,24)25)15-20(28)26-21(19-8-5-13-29-19)17-6-3-2-4-7-17/h2-13,21H,14-15H2,1H3,(H,26,28)/p+1/t21-/m0/s1. The number of likely N-dealkylation sites (N-methyl/N-ethyl adjacent to an activating group) is 1. The van der Waals surface area contributed by atoms with Crippen molar-refractivity contribution in [1.29, 1.82) is 0 Å². The van der Waals surface area contributed by atoms with Crippen LogP contribution < -0.4 is 10.2 Å². The van der Waals surface area contributed by atoms with Crippen LogP contribution in [0.2, 0.25) is 0 Å². The van der Waals surface area contributed by atoms with E-state index < -0.39 is 11.7 Å². The molecule has 0 radical (unpaired) electrons. The van der Waals surface area contributed by atoms with Gasteiger partial charge in [0, 0.05) is 10.4 Å². The zero-order valence-corrected chi connectivity index (χ0v) is 16.7. The fourth-order valence-electron chi connectivity index (χ4n) is 3.13. The molecule has 0 aliphatic carbocycles. The Kier molecular flexibility index (Phi) is 6.71. The van der Waals surface area contributed by atoms with E-state index in [0.717, 1.165) is 33.0 Å². The third kappa shape index (κ3) is 5.92. The Morgan fingerprint density at radius 2 is 1.72 bits per heavy atom. The summed E-state index contributed by atoms with van der Waals surface area (Å²) in [7, 11) is 1.85. The van der Waals surface area contributed by atoms with Crippen molar-refractivity contribution in [1.82, 2.24) is 5.32 Å². The summed E-state index contributed by atoms with van der Waals surface area (Å²) < 4.78 is 38.0. The lowest BCUT2D eigenvalue weighted by Crippen LogP contribution is -3.08. The van der Waals surface area contributed by atoms with Crippen molar-refractivity contribution in [2.24, 2.45) is 0 Å². The molecular weight excluding hydrogens is 397 g/mol. The Labute approximate surface area is 171 Å². The molecule has 152 valence electrons. The highest BCUT2D eigenvalue weighted by molar-refractivity contribution is 7.10. The number of thiophene rings is 1. The molecule has 0 aliphatic rings. The van der Waals surface area contributed by atoms with Gasteiger partial charge >= 0.3 is 6.18 Å². The SMILES string of the molecule is C[NH+](CC(=O)N[C@@H](c1ccccc1)c1cccs1)Cc1ccc(C(F)(F)F)cc1. The molecule has 0 aliphatic heterocycles. The van der Waals surface area contributed by atoms with E-state index in [1.165, 1.54) is 12.1 Å². The van der Waals surface area contributed by atoms with Gasteiger partial charge in [-0.25, -0.2) is 0 Å². The number of carbonyl (C=O) groups is 1. The number of quaternary nitrogens is 1. The summed E-state index contributed by atoms with van der Waals surface area (Å²) >= 11 is 1.58. The molecule has 0 saturated carbocycles. The van der Waals surface area contributed by atoms with Crippen LogP contribution in [0.25, 0.3) is 0 Å². The summed E-state index contributed by atoms with van der Waals surface area (Å²) in [6.45, 7) is 0.677. The van der Waals surface area contributed by atoms with E-state index in [4.69, 9.17) is 0 Å². The van der Waals surface area contributed by atoms with Crippen molar-refractivity contribution >= 4 is 17.2 Å². The molecule has 2 atom stereocenters. The average Bonchev–Trinajstić information content (AvgIpc) is 3.21. The minimum Gasteiger partial charge on any atom is -0.339 e. The first-order chi connectivity index (χ1) is 13.8. The van der Waals surface area contributed by atoms with E-state index in [1.807, 2.05) is 54.9 Å². The van der Waals surface area contributed by atoms with Crippen molar-refractivity contribution < 1.29 is 22.9 Å². The summed E-state index contributed by atoms with van der Waals surface area (Å²) in [6, 6.07) is 18.5. The van der Waals surface area contributed by atoms with Gasteiger partial charge in [-0.2, -0.15) is 13.2 Å². The number of alkyl halides is 3. The summed E-state index contributed by atoms with van der Waals surface area (Å²) in [5, 5.41) is 5.05. The van der Waals surface area contributed by atoms with Crippen LogP contribution in [0.3, 0.4) is 0 Å². The number of carbonyl (C=O) groups excluding carboxylic acids is 1. The van der Waals surface area contributed by atoms with Crippen LogP contribution in [-0.4, -0.2) is 19.5 Å². The Hall–Kier alpha value is -2.64. The van der Waals surface area contributed by atoms with Gasteiger partial charge in [0.1, 0.15) is 6.54 Å². The Morgan fingerprint density at radius 1 is 1.03 bits per heavy atom. The second-order valence-electron chi connectivity index (χ2n) is 6.93. The third-order valence-electron chi connectivity index (χ3n) is 4.52. The Morgan fingerprint density at radius 3 is 2.31 bits per heavy atom. The molecule has 0 fully saturated rings. The molecule has 0 spiro atoms. The van der Waals surface area contributed by atoms with E-state index in [1.54, 1.807) is 11.3 Å². The van der Waals surface area contributed by atoms with Gasteiger partial charge in [0.15, 0.2) is 6.54 Å². The van der Waals surface area contributed by atoms with Gasteiger partial charge in [0.2, 0.25) is 0 Å². The summed E-state index contributed by atoms with van der Waals surface area (Å²) in [4.78, 5) is 14.6. The molecule has 0 saturated heterocycles. The highest BCUT2D eigenvalue weighted by Gasteiger charge is 2.30. The highest BCUT2D eigenvalue weighted by Crippen LogP contribution is 2.29. The Bertz CT molecular complexity index is 909. The molecular formula is C22H22F3N2OS+. The van der Waals surface area contributed by atoms with Crippen LogP contribution in [-0.2, 0) is 17.5 Å². The maximum Gasteiger partial charge on any atom is 0.416 e. The second-order valence-corrected chi connectivity index (χ2v) is 7.91. The lowest BCUT2D eigenvalue weighted by molar-refractivity contribution is -0.885. The number of rotatable bonds is 7. The summed E-state index contributed by atoms with van der Waals surface area (Å²) in [6.07, 6.45) is -4.34. The molecule has 7 heteroatoms. The van der Waals surface area contributed by atoms with Gasteiger partial charge in [-0.1, -0.05) is 48.5 Å². The van der Waals surface area contributed by atoms with E-state index in [2.05, 4.69) is 5.32 Å². The van der Waals surface area contributed by atoms with Crippen LogP contribution in [0.5, 0.6) is 0 Å². The predicted octanol–water partition coefficient (Wildman–Crippen LogP) is 3.69. The fraction of sp³-hybridized carbons (Fsp3) is 0.227. The molecule has 2 aromatic carbocycles. The minimum absolute atomic E-state index is 0.114. The van der Waals surface area contributed by atoms with Gasteiger partial charge < -0.3 is 10.2 Å². The lowest BCUT2D eigenvalue weighted by atomic mass is 10.1. The van der Waals surface area contributed by atoms with E-state index in [-0.39, 0.29) is 18.5 Å². The maximum absolute atomic E-state index is 12.7. The average molecular weight is 419 g/mol. The number of hydrogen-bond donors (Lipinski definition) is 2. The van der Waals surface area contributed by atoms with Crippen molar-refractivity contribution in [2.45, 2.75) is 18.8 Å². The molecule has 29 heavy (non-hydrogen) atoms. The quantitative estimate of drug-likeness (QED) is 0.602. The molecule has 2 N–H and O–H groups in total. The molecule has 3 rings (SSSR count). The van der Waals surface area contributed by atoms with E-state index in [0.29, 0.717) is 6.54 Å².